The molecule has 3 aromatic rings. The Hall–Kier alpha value is -2.14. The zero-order valence-electron chi connectivity index (χ0n) is 10.9. The molecule has 0 spiro atoms. The normalized spacial score (nSPS) is 10.8. The topological polar surface area (TPSA) is 42.9 Å². The van der Waals surface area contributed by atoms with Crippen LogP contribution in [0.1, 0.15) is 15.9 Å². The summed E-state index contributed by atoms with van der Waals surface area (Å²) in [6.45, 7) is 0. The zero-order chi connectivity index (χ0) is 14.8. The average molecular weight is 345 g/mol. The molecule has 1 heterocycles. The molecule has 2 aromatic carbocycles. The van der Waals surface area contributed by atoms with E-state index in [0.29, 0.717) is 16.6 Å². The fourth-order valence-corrected chi connectivity index (χ4v) is 2.50. The van der Waals surface area contributed by atoms with Crippen LogP contribution in [0, 0.1) is 5.82 Å². The molecule has 0 radical (unpaired) electrons. The van der Waals surface area contributed by atoms with Crippen LogP contribution in [-0.4, -0.2) is 15.8 Å². The maximum Gasteiger partial charge on any atom is 0.167 e. The van der Waals surface area contributed by atoms with Crippen LogP contribution in [-0.2, 0) is 6.42 Å². The van der Waals surface area contributed by atoms with Crippen molar-refractivity contribution in [1.82, 2.24) is 9.97 Å². The number of halogens is 2. The van der Waals surface area contributed by atoms with E-state index in [1.165, 1.54) is 6.07 Å². The summed E-state index contributed by atoms with van der Waals surface area (Å²) in [4.78, 5) is 20.6. The van der Waals surface area contributed by atoms with Crippen LogP contribution in [0.5, 0.6) is 0 Å². The molecular formula is C16H10BrFN2O. The fourth-order valence-electron chi connectivity index (χ4n) is 2.09. The number of ketones is 1. The van der Waals surface area contributed by atoms with Crippen LogP contribution in [0.4, 0.5) is 4.39 Å². The molecule has 1 aromatic heterocycles. The molecule has 0 saturated carbocycles. The Labute approximate surface area is 129 Å². The number of fused-ring (bicyclic) bond motifs is 1. The lowest BCUT2D eigenvalue weighted by Gasteiger charge is -2.05. The molecule has 0 fully saturated rings. The van der Waals surface area contributed by atoms with Crippen molar-refractivity contribution in [2.45, 2.75) is 6.42 Å². The van der Waals surface area contributed by atoms with Crippen molar-refractivity contribution in [3.63, 3.8) is 0 Å². The largest absolute Gasteiger partial charge is 0.294 e. The minimum atomic E-state index is -0.382. The summed E-state index contributed by atoms with van der Waals surface area (Å²) in [6.07, 6.45) is 3.18. The second-order valence-corrected chi connectivity index (χ2v) is 5.51. The van der Waals surface area contributed by atoms with E-state index in [2.05, 4.69) is 25.9 Å². The quantitative estimate of drug-likeness (QED) is 0.675. The second-order valence-electron chi connectivity index (χ2n) is 4.60. The number of Topliss-reactive ketones (excluding diaryl/α,β-unsaturated/α-hetero) is 1. The fraction of sp³-hybridized carbons (Fsp3) is 0.0625. The van der Waals surface area contributed by atoms with Crippen molar-refractivity contribution in [1.29, 1.82) is 0 Å². The maximum absolute atomic E-state index is 13.7. The van der Waals surface area contributed by atoms with E-state index in [-0.39, 0.29) is 18.0 Å². The van der Waals surface area contributed by atoms with Gasteiger partial charge in [-0.1, -0.05) is 15.9 Å². The zero-order valence-corrected chi connectivity index (χ0v) is 12.5. The molecule has 5 heteroatoms. The molecule has 0 aliphatic heterocycles. The molecule has 104 valence electrons. The Bertz CT molecular complexity index is 835. The van der Waals surface area contributed by atoms with Crippen LogP contribution in [0.25, 0.3) is 11.0 Å². The minimum absolute atomic E-state index is 0.0110. The number of carbonyl (C=O) groups is 1. The standard InChI is InChI=1S/C16H10BrFN2O/c17-12-2-3-13(18)11(7-12)9-16(21)10-1-4-14-15(8-10)20-6-5-19-14/h1-8H,9H2. The van der Waals surface area contributed by atoms with Crippen molar-refractivity contribution in [3.05, 3.63) is 70.2 Å². The Morgan fingerprint density at radius 2 is 1.81 bits per heavy atom. The van der Waals surface area contributed by atoms with Gasteiger partial charge in [-0.2, -0.15) is 0 Å². The number of nitrogens with zero attached hydrogens (tertiary/aromatic N) is 2. The van der Waals surface area contributed by atoms with Gasteiger partial charge in [-0.05, 0) is 42.0 Å². The van der Waals surface area contributed by atoms with Crippen LogP contribution in [0.2, 0.25) is 0 Å². The van der Waals surface area contributed by atoms with Gasteiger partial charge in [0.15, 0.2) is 5.78 Å². The predicted molar refractivity (Wildman–Crippen MR) is 81.7 cm³/mol. The first-order valence-electron chi connectivity index (χ1n) is 6.31. The van der Waals surface area contributed by atoms with Gasteiger partial charge in [-0.25, -0.2) is 4.39 Å². The van der Waals surface area contributed by atoms with E-state index in [1.807, 2.05) is 0 Å². The molecular weight excluding hydrogens is 335 g/mol. The van der Waals surface area contributed by atoms with E-state index < -0.39 is 0 Å². The molecule has 0 saturated heterocycles. The Morgan fingerprint density at radius 3 is 2.62 bits per heavy atom. The third-order valence-corrected chi connectivity index (χ3v) is 3.64. The summed E-state index contributed by atoms with van der Waals surface area (Å²) >= 11 is 3.28. The van der Waals surface area contributed by atoms with Gasteiger partial charge in [0.05, 0.1) is 11.0 Å². The van der Waals surface area contributed by atoms with Crippen LogP contribution < -0.4 is 0 Å². The van der Waals surface area contributed by atoms with Crippen molar-refractivity contribution < 1.29 is 9.18 Å². The lowest BCUT2D eigenvalue weighted by atomic mass is 10.0. The maximum atomic E-state index is 13.7. The third-order valence-electron chi connectivity index (χ3n) is 3.15. The average Bonchev–Trinajstić information content (AvgIpc) is 2.50. The van der Waals surface area contributed by atoms with Crippen molar-refractivity contribution in [2.75, 3.05) is 0 Å². The lowest BCUT2D eigenvalue weighted by molar-refractivity contribution is 0.0992. The predicted octanol–water partition coefficient (Wildman–Crippen LogP) is 3.96. The van der Waals surface area contributed by atoms with Crippen LogP contribution in [0.15, 0.2) is 53.3 Å². The van der Waals surface area contributed by atoms with E-state index in [4.69, 9.17) is 0 Å². The SMILES string of the molecule is O=C(Cc1cc(Br)ccc1F)c1ccc2nccnc2c1. The summed E-state index contributed by atoms with van der Waals surface area (Å²) in [7, 11) is 0. The minimum Gasteiger partial charge on any atom is -0.294 e. The van der Waals surface area contributed by atoms with E-state index in [0.717, 1.165) is 9.99 Å². The number of carbonyl (C=O) groups excluding carboxylic acids is 1. The summed E-state index contributed by atoms with van der Waals surface area (Å²) in [5.41, 5.74) is 2.25. The first-order valence-corrected chi connectivity index (χ1v) is 7.11. The Morgan fingerprint density at radius 1 is 1.05 bits per heavy atom. The van der Waals surface area contributed by atoms with Gasteiger partial charge in [0, 0.05) is 28.9 Å². The van der Waals surface area contributed by atoms with Crippen molar-refractivity contribution >= 4 is 32.7 Å². The van der Waals surface area contributed by atoms with Gasteiger partial charge in [0.1, 0.15) is 5.82 Å². The second kappa shape index (κ2) is 5.69. The molecule has 3 rings (SSSR count). The Kier molecular flexibility index (Phi) is 3.75. The lowest BCUT2D eigenvalue weighted by Crippen LogP contribution is -2.05. The molecule has 21 heavy (non-hydrogen) atoms. The number of benzene rings is 2. The molecule has 0 N–H and O–H groups in total. The molecule has 0 atom stereocenters. The summed E-state index contributed by atoms with van der Waals surface area (Å²) in [5, 5.41) is 0. The van der Waals surface area contributed by atoms with Crippen LogP contribution >= 0.6 is 15.9 Å². The van der Waals surface area contributed by atoms with Crippen LogP contribution in [0.3, 0.4) is 0 Å². The third kappa shape index (κ3) is 2.97. The van der Waals surface area contributed by atoms with E-state index in [9.17, 15) is 9.18 Å². The summed E-state index contributed by atoms with van der Waals surface area (Å²) in [6, 6.07) is 9.68. The van der Waals surface area contributed by atoms with Crippen molar-refractivity contribution in [2.24, 2.45) is 0 Å². The monoisotopic (exact) mass is 344 g/mol. The van der Waals surface area contributed by atoms with E-state index >= 15 is 0 Å². The summed E-state index contributed by atoms with van der Waals surface area (Å²) in [5.74, 6) is -0.535. The highest BCUT2D eigenvalue weighted by Gasteiger charge is 2.12. The molecule has 0 aliphatic rings. The number of hydrogen-bond acceptors (Lipinski definition) is 3. The first-order chi connectivity index (χ1) is 10.1. The smallest absolute Gasteiger partial charge is 0.167 e. The van der Waals surface area contributed by atoms with Crippen molar-refractivity contribution in [3.8, 4) is 0 Å². The van der Waals surface area contributed by atoms with Gasteiger partial charge in [0.25, 0.3) is 0 Å². The highest BCUT2D eigenvalue weighted by molar-refractivity contribution is 9.10. The first kappa shape index (κ1) is 13.8. The van der Waals surface area contributed by atoms with Gasteiger partial charge in [-0.3, -0.25) is 14.8 Å². The molecule has 0 amide bonds. The molecule has 3 nitrogen and oxygen atoms in total. The molecule has 0 aliphatic carbocycles. The summed E-state index contributed by atoms with van der Waals surface area (Å²) < 4.78 is 14.4. The van der Waals surface area contributed by atoms with E-state index in [1.54, 1.807) is 42.7 Å². The van der Waals surface area contributed by atoms with Gasteiger partial charge in [0.2, 0.25) is 0 Å². The van der Waals surface area contributed by atoms with Gasteiger partial charge < -0.3 is 0 Å². The number of hydrogen-bond donors (Lipinski definition) is 0. The molecule has 0 bridgehead atoms. The highest BCUT2D eigenvalue weighted by atomic mass is 79.9. The highest BCUT2D eigenvalue weighted by Crippen LogP contribution is 2.18. The van der Waals surface area contributed by atoms with Gasteiger partial charge >= 0.3 is 0 Å². The number of rotatable bonds is 3. The molecule has 0 unspecified atom stereocenters. The van der Waals surface area contributed by atoms with Gasteiger partial charge in [-0.15, -0.1) is 0 Å². The Balaban J connectivity index is 1.91. The number of aromatic nitrogens is 2.